The highest BCUT2D eigenvalue weighted by atomic mass is 16.1. The molecule has 1 aromatic heterocycles. The lowest BCUT2D eigenvalue weighted by atomic mass is 9.84. The highest BCUT2D eigenvalue weighted by molar-refractivity contribution is 6.12. The molecular formula is C18H22N2O. The molecule has 0 N–H and O–H groups in total. The number of aromatic nitrogens is 1. The van der Waals surface area contributed by atoms with Crippen molar-refractivity contribution in [3.05, 3.63) is 35.0 Å². The molecule has 0 bridgehead atoms. The zero-order chi connectivity index (χ0) is 14.6. The van der Waals surface area contributed by atoms with E-state index in [1.807, 2.05) is 0 Å². The lowest BCUT2D eigenvalue weighted by Gasteiger charge is -2.25. The molecule has 0 fully saturated rings. The first-order valence-corrected chi connectivity index (χ1v) is 7.98. The minimum Gasteiger partial charge on any atom is -0.344 e. The van der Waals surface area contributed by atoms with Gasteiger partial charge in [0.1, 0.15) is 0 Å². The Morgan fingerprint density at radius 3 is 2.95 bits per heavy atom. The van der Waals surface area contributed by atoms with Crippen LogP contribution in [0.1, 0.15) is 34.5 Å². The highest BCUT2D eigenvalue weighted by Gasteiger charge is 2.33. The van der Waals surface area contributed by atoms with E-state index in [1.165, 1.54) is 28.6 Å². The van der Waals surface area contributed by atoms with Crippen LogP contribution in [0.5, 0.6) is 0 Å². The Balaban J connectivity index is 1.91. The van der Waals surface area contributed by atoms with Crippen LogP contribution in [-0.4, -0.2) is 35.9 Å². The first-order chi connectivity index (χ1) is 10.2. The predicted molar refractivity (Wildman–Crippen MR) is 85.0 cm³/mol. The molecule has 0 spiro atoms. The summed E-state index contributed by atoms with van der Waals surface area (Å²) in [4.78, 5) is 15.1. The van der Waals surface area contributed by atoms with Crippen LogP contribution in [0.15, 0.2) is 18.2 Å². The largest absolute Gasteiger partial charge is 0.344 e. The third kappa shape index (κ3) is 1.87. The van der Waals surface area contributed by atoms with Gasteiger partial charge in [0, 0.05) is 35.7 Å². The van der Waals surface area contributed by atoms with Crippen molar-refractivity contribution in [1.29, 1.82) is 0 Å². The molecule has 1 atom stereocenters. The number of ketones is 1. The van der Waals surface area contributed by atoms with Gasteiger partial charge in [0.2, 0.25) is 0 Å². The lowest BCUT2D eigenvalue weighted by molar-refractivity contribution is 0.0878. The summed E-state index contributed by atoms with van der Waals surface area (Å²) in [6, 6.07) is 6.50. The van der Waals surface area contributed by atoms with E-state index < -0.39 is 0 Å². The maximum Gasteiger partial charge on any atom is 0.169 e. The second-order valence-electron chi connectivity index (χ2n) is 6.75. The summed E-state index contributed by atoms with van der Waals surface area (Å²) < 4.78 is 2.44. The maximum atomic E-state index is 13.0. The van der Waals surface area contributed by atoms with Gasteiger partial charge in [-0.05, 0) is 45.3 Å². The number of Topliss-reactive ketones (excluding diaryl/α,β-unsaturated/α-hetero) is 1. The first-order valence-electron chi connectivity index (χ1n) is 7.98. The van der Waals surface area contributed by atoms with E-state index in [0.29, 0.717) is 5.78 Å². The van der Waals surface area contributed by atoms with E-state index in [2.05, 4.69) is 41.8 Å². The number of carbonyl (C=O) groups is 1. The van der Waals surface area contributed by atoms with Crippen LogP contribution >= 0.6 is 0 Å². The van der Waals surface area contributed by atoms with E-state index >= 15 is 0 Å². The molecule has 0 saturated heterocycles. The summed E-state index contributed by atoms with van der Waals surface area (Å²) in [7, 11) is 4.11. The molecule has 21 heavy (non-hydrogen) atoms. The van der Waals surface area contributed by atoms with Crippen LogP contribution in [0, 0.1) is 5.92 Å². The van der Waals surface area contributed by atoms with Gasteiger partial charge in [-0.2, -0.15) is 0 Å². The van der Waals surface area contributed by atoms with Gasteiger partial charge in [-0.25, -0.2) is 0 Å². The monoisotopic (exact) mass is 282 g/mol. The normalized spacial score (nSPS) is 21.1. The molecule has 4 rings (SSSR count). The van der Waals surface area contributed by atoms with Gasteiger partial charge in [-0.15, -0.1) is 0 Å². The molecule has 1 aromatic carbocycles. The summed E-state index contributed by atoms with van der Waals surface area (Å²) in [5.41, 5.74) is 5.10. The Labute approximate surface area is 125 Å². The molecule has 1 aliphatic heterocycles. The van der Waals surface area contributed by atoms with E-state index in [-0.39, 0.29) is 5.92 Å². The Kier molecular flexibility index (Phi) is 2.93. The standard InChI is InChI=1S/C18H22N2O/c1-19(2)11-13-8-9-15-16(18(13)21)14-7-3-5-12-6-4-10-20(15)17(12)14/h3,5,7,13H,4,6,8-11H2,1-2H3. The SMILES string of the molecule is CN(C)CC1CCc2c(c3cccc4c3n2CCC4)C1=O. The molecule has 1 unspecified atom stereocenters. The van der Waals surface area contributed by atoms with E-state index in [0.717, 1.165) is 37.9 Å². The van der Waals surface area contributed by atoms with E-state index in [4.69, 9.17) is 0 Å². The van der Waals surface area contributed by atoms with Crippen LogP contribution in [0.25, 0.3) is 10.9 Å². The first kappa shape index (κ1) is 13.1. The van der Waals surface area contributed by atoms with Crippen LogP contribution < -0.4 is 0 Å². The number of carbonyl (C=O) groups excluding carboxylic acids is 1. The molecule has 3 nitrogen and oxygen atoms in total. The fraction of sp³-hybridized carbons (Fsp3) is 0.500. The van der Waals surface area contributed by atoms with Crippen molar-refractivity contribution in [2.75, 3.05) is 20.6 Å². The van der Waals surface area contributed by atoms with Crippen LogP contribution in [0.3, 0.4) is 0 Å². The second-order valence-corrected chi connectivity index (χ2v) is 6.75. The fourth-order valence-corrected chi connectivity index (χ4v) is 4.21. The molecule has 1 aliphatic carbocycles. The topological polar surface area (TPSA) is 25.2 Å². The molecule has 2 aromatic rings. The zero-order valence-electron chi connectivity index (χ0n) is 12.9. The minimum absolute atomic E-state index is 0.163. The van der Waals surface area contributed by atoms with Crippen LogP contribution in [-0.2, 0) is 19.4 Å². The molecule has 3 heteroatoms. The number of benzene rings is 1. The van der Waals surface area contributed by atoms with Gasteiger partial charge in [0.05, 0.1) is 5.52 Å². The van der Waals surface area contributed by atoms with Gasteiger partial charge < -0.3 is 9.47 Å². The molecule has 2 heterocycles. The van der Waals surface area contributed by atoms with Crippen molar-refractivity contribution < 1.29 is 4.79 Å². The smallest absolute Gasteiger partial charge is 0.169 e. The average molecular weight is 282 g/mol. The van der Waals surface area contributed by atoms with Crippen LogP contribution in [0.2, 0.25) is 0 Å². The third-order valence-corrected chi connectivity index (χ3v) is 5.03. The van der Waals surface area contributed by atoms with Crippen LogP contribution in [0.4, 0.5) is 0 Å². The molecule has 0 saturated carbocycles. The van der Waals surface area contributed by atoms with Crippen molar-refractivity contribution >= 4 is 16.7 Å². The number of fused-ring (bicyclic) bond motifs is 3. The summed E-state index contributed by atoms with van der Waals surface area (Å²) in [5, 5.41) is 1.20. The van der Waals surface area contributed by atoms with Crippen molar-refractivity contribution in [3.63, 3.8) is 0 Å². The van der Waals surface area contributed by atoms with E-state index in [1.54, 1.807) is 0 Å². The van der Waals surface area contributed by atoms with Gasteiger partial charge >= 0.3 is 0 Å². The summed E-state index contributed by atoms with van der Waals surface area (Å²) >= 11 is 0. The Morgan fingerprint density at radius 2 is 2.14 bits per heavy atom. The molecule has 0 radical (unpaired) electrons. The molecular weight excluding hydrogens is 260 g/mol. The third-order valence-electron chi connectivity index (χ3n) is 5.03. The van der Waals surface area contributed by atoms with Gasteiger partial charge in [-0.1, -0.05) is 18.2 Å². The maximum absolute atomic E-state index is 13.0. The lowest BCUT2D eigenvalue weighted by Crippen LogP contribution is -2.32. The highest BCUT2D eigenvalue weighted by Crippen LogP contribution is 2.38. The summed E-state index contributed by atoms with van der Waals surface area (Å²) in [6.07, 6.45) is 4.39. The van der Waals surface area contributed by atoms with Gasteiger partial charge in [0.25, 0.3) is 0 Å². The van der Waals surface area contributed by atoms with Crippen molar-refractivity contribution in [3.8, 4) is 0 Å². The van der Waals surface area contributed by atoms with Gasteiger partial charge in [0.15, 0.2) is 5.78 Å². The zero-order valence-corrected chi connectivity index (χ0v) is 12.9. The number of hydrogen-bond acceptors (Lipinski definition) is 2. The minimum atomic E-state index is 0.163. The predicted octanol–water partition coefficient (Wildman–Crippen LogP) is 2.89. The Hall–Kier alpha value is -1.61. The van der Waals surface area contributed by atoms with E-state index in [9.17, 15) is 4.79 Å². The summed E-state index contributed by atoms with van der Waals surface area (Å²) in [6.45, 7) is 1.94. The van der Waals surface area contributed by atoms with Crippen molar-refractivity contribution in [2.24, 2.45) is 5.92 Å². The molecule has 2 aliphatic rings. The number of aryl methyl sites for hydroxylation is 2. The number of nitrogens with zero attached hydrogens (tertiary/aromatic N) is 2. The average Bonchev–Trinajstić information content (AvgIpc) is 2.79. The van der Waals surface area contributed by atoms with Crippen molar-refractivity contribution in [2.45, 2.75) is 32.2 Å². The second kappa shape index (κ2) is 4.70. The molecule has 0 amide bonds. The Morgan fingerprint density at radius 1 is 1.29 bits per heavy atom. The summed E-state index contributed by atoms with van der Waals surface area (Å²) in [5.74, 6) is 0.531. The van der Waals surface area contributed by atoms with Crippen molar-refractivity contribution in [1.82, 2.24) is 9.47 Å². The quantitative estimate of drug-likeness (QED) is 0.846. The fourth-order valence-electron chi connectivity index (χ4n) is 4.21. The number of para-hydroxylation sites is 1. The number of rotatable bonds is 2. The molecule has 110 valence electrons. The van der Waals surface area contributed by atoms with Gasteiger partial charge in [-0.3, -0.25) is 4.79 Å². The number of hydrogen-bond donors (Lipinski definition) is 0. The Bertz CT molecular complexity index is 726.